The van der Waals surface area contributed by atoms with Crippen LogP contribution in [0.4, 0.5) is 0 Å². The highest BCUT2D eigenvalue weighted by Crippen LogP contribution is 2.21. The number of esters is 1. The van der Waals surface area contributed by atoms with Crippen molar-refractivity contribution in [1.82, 2.24) is 14.7 Å². The largest absolute Gasteiger partial charge is 0.463 e. The highest BCUT2D eigenvalue weighted by Gasteiger charge is 2.40. The van der Waals surface area contributed by atoms with Crippen molar-refractivity contribution in [2.75, 3.05) is 53.4 Å². The van der Waals surface area contributed by atoms with Gasteiger partial charge in [-0.2, -0.15) is 0 Å². The van der Waals surface area contributed by atoms with Crippen molar-refractivity contribution in [3.8, 4) is 0 Å². The third-order valence-corrected chi connectivity index (χ3v) is 3.70. The van der Waals surface area contributed by atoms with E-state index in [1.165, 1.54) is 0 Å². The molecule has 0 aliphatic carbocycles. The van der Waals surface area contributed by atoms with Crippen molar-refractivity contribution in [1.29, 1.82) is 0 Å². The molecule has 0 amide bonds. The Bertz CT molecular complexity index is 283. The standard InChI is InChI=1S/C12H23N3O2/c1-10-8-15-5-4-14(10)9-11(15)12(16)17-7-6-13(2)3/h10-11H,4-9H2,1-3H3. The molecule has 0 radical (unpaired) electrons. The van der Waals surface area contributed by atoms with Gasteiger partial charge in [-0.05, 0) is 21.0 Å². The summed E-state index contributed by atoms with van der Waals surface area (Å²) in [5.41, 5.74) is 0. The maximum atomic E-state index is 12.0. The van der Waals surface area contributed by atoms with E-state index in [1.807, 2.05) is 19.0 Å². The zero-order chi connectivity index (χ0) is 12.4. The van der Waals surface area contributed by atoms with Crippen LogP contribution < -0.4 is 0 Å². The van der Waals surface area contributed by atoms with Crippen LogP contribution in [0, 0.1) is 0 Å². The Balaban J connectivity index is 1.80. The van der Waals surface area contributed by atoms with Gasteiger partial charge in [-0.1, -0.05) is 0 Å². The molecule has 5 nitrogen and oxygen atoms in total. The normalized spacial score (nSPS) is 36.2. The van der Waals surface area contributed by atoms with E-state index < -0.39 is 0 Å². The van der Waals surface area contributed by atoms with Crippen molar-refractivity contribution in [3.05, 3.63) is 0 Å². The molecule has 17 heavy (non-hydrogen) atoms. The van der Waals surface area contributed by atoms with E-state index in [4.69, 9.17) is 4.74 Å². The molecular weight excluding hydrogens is 218 g/mol. The third-order valence-electron chi connectivity index (χ3n) is 3.70. The van der Waals surface area contributed by atoms with Gasteiger partial charge in [0.05, 0.1) is 0 Å². The summed E-state index contributed by atoms with van der Waals surface area (Å²) in [5.74, 6) is -0.0524. The van der Waals surface area contributed by atoms with Gasteiger partial charge in [0, 0.05) is 38.8 Å². The van der Waals surface area contributed by atoms with Crippen molar-refractivity contribution in [2.24, 2.45) is 0 Å². The number of piperazine rings is 3. The lowest BCUT2D eigenvalue weighted by Crippen LogP contribution is -2.66. The first-order chi connectivity index (χ1) is 8.08. The first-order valence-corrected chi connectivity index (χ1v) is 6.37. The summed E-state index contributed by atoms with van der Waals surface area (Å²) in [6.07, 6.45) is 0. The van der Waals surface area contributed by atoms with E-state index in [1.54, 1.807) is 0 Å². The van der Waals surface area contributed by atoms with Gasteiger partial charge >= 0.3 is 5.97 Å². The average Bonchev–Trinajstić information content (AvgIpc) is 2.28. The minimum Gasteiger partial charge on any atom is -0.463 e. The topological polar surface area (TPSA) is 36.0 Å². The van der Waals surface area contributed by atoms with Crippen LogP contribution in [-0.4, -0.2) is 86.2 Å². The molecule has 98 valence electrons. The van der Waals surface area contributed by atoms with Crippen molar-refractivity contribution >= 4 is 5.97 Å². The number of likely N-dealkylation sites (N-methyl/N-ethyl adjacent to an activating group) is 1. The maximum Gasteiger partial charge on any atom is 0.324 e. The molecule has 0 aromatic carbocycles. The van der Waals surface area contributed by atoms with E-state index >= 15 is 0 Å². The summed E-state index contributed by atoms with van der Waals surface area (Å²) in [5, 5.41) is 0. The Morgan fingerprint density at radius 3 is 2.53 bits per heavy atom. The van der Waals surface area contributed by atoms with Gasteiger partial charge in [0.1, 0.15) is 12.6 Å². The molecule has 3 aliphatic heterocycles. The Hall–Kier alpha value is -0.650. The molecular formula is C12H23N3O2. The van der Waals surface area contributed by atoms with E-state index in [-0.39, 0.29) is 12.0 Å². The third kappa shape index (κ3) is 2.97. The summed E-state index contributed by atoms with van der Waals surface area (Å²) in [7, 11) is 3.96. The highest BCUT2D eigenvalue weighted by molar-refractivity contribution is 5.76. The number of nitrogens with zero attached hydrogens (tertiary/aromatic N) is 3. The second-order valence-corrected chi connectivity index (χ2v) is 5.33. The van der Waals surface area contributed by atoms with Gasteiger partial charge < -0.3 is 9.64 Å². The van der Waals surface area contributed by atoms with Crippen LogP contribution in [0.1, 0.15) is 6.92 Å². The first kappa shape index (κ1) is 12.8. The number of ether oxygens (including phenoxy) is 1. The molecule has 4 atom stereocenters. The molecule has 3 saturated heterocycles. The van der Waals surface area contributed by atoms with E-state index in [2.05, 4.69) is 16.7 Å². The first-order valence-electron chi connectivity index (χ1n) is 6.37. The molecule has 0 aromatic heterocycles. The van der Waals surface area contributed by atoms with Crippen molar-refractivity contribution in [2.45, 2.75) is 19.0 Å². The number of carbonyl (C=O) groups excluding carboxylic acids is 1. The maximum absolute atomic E-state index is 12.0. The molecule has 0 N–H and O–H groups in total. The molecule has 0 aromatic rings. The van der Waals surface area contributed by atoms with Crippen LogP contribution in [0.15, 0.2) is 0 Å². The summed E-state index contributed by atoms with van der Waals surface area (Å²) < 4.78 is 5.33. The predicted octanol–water partition coefficient (Wildman–Crippen LogP) is -0.520. The van der Waals surface area contributed by atoms with Crippen LogP contribution in [0.5, 0.6) is 0 Å². The average molecular weight is 241 g/mol. The Morgan fingerprint density at radius 2 is 2.00 bits per heavy atom. The van der Waals surface area contributed by atoms with Crippen molar-refractivity contribution < 1.29 is 9.53 Å². The van der Waals surface area contributed by atoms with E-state index in [0.717, 1.165) is 32.7 Å². The Morgan fingerprint density at radius 1 is 1.29 bits per heavy atom. The summed E-state index contributed by atoms with van der Waals surface area (Å²) in [4.78, 5) is 18.6. The van der Waals surface area contributed by atoms with Gasteiger partial charge in [-0.25, -0.2) is 0 Å². The number of carbonyl (C=O) groups is 1. The highest BCUT2D eigenvalue weighted by atomic mass is 16.5. The van der Waals surface area contributed by atoms with Crippen LogP contribution in [-0.2, 0) is 9.53 Å². The van der Waals surface area contributed by atoms with E-state index in [9.17, 15) is 4.79 Å². The number of hydrogen-bond donors (Lipinski definition) is 0. The van der Waals surface area contributed by atoms with Crippen LogP contribution >= 0.6 is 0 Å². The van der Waals surface area contributed by atoms with Gasteiger partial charge in [0.15, 0.2) is 0 Å². The molecule has 5 heteroatoms. The van der Waals surface area contributed by atoms with Crippen LogP contribution in [0.2, 0.25) is 0 Å². The fourth-order valence-corrected chi connectivity index (χ4v) is 2.56. The lowest BCUT2D eigenvalue weighted by Gasteiger charge is -2.49. The molecule has 4 unspecified atom stereocenters. The SMILES string of the molecule is CC1CN2CCN1CC2C(=O)OCCN(C)C. The molecule has 3 heterocycles. The monoisotopic (exact) mass is 241 g/mol. The fraction of sp³-hybridized carbons (Fsp3) is 0.917. The van der Waals surface area contributed by atoms with Gasteiger partial charge in [0.2, 0.25) is 0 Å². The minimum absolute atomic E-state index is 0.0397. The number of rotatable bonds is 4. The molecule has 0 spiro atoms. The zero-order valence-corrected chi connectivity index (χ0v) is 11.1. The van der Waals surface area contributed by atoms with Gasteiger partial charge in [-0.15, -0.1) is 0 Å². The molecule has 3 fully saturated rings. The van der Waals surface area contributed by atoms with Gasteiger partial charge in [-0.3, -0.25) is 14.6 Å². The van der Waals surface area contributed by atoms with E-state index in [0.29, 0.717) is 12.6 Å². The van der Waals surface area contributed by atoms with Crippen LogP contribution in [0.3, 0.4) is 0 Å². The predicted molar refractivity (Wildman–Crippen MR) is 65.9 cm³/mol. The minimum atomic E-state index is -0.0524. The number of hydrogen-bond acceptors (Lipinski definition) is 5. The smallest absolute Gasteiger partial charge is 0.324 e. The summed E-state index contributed by atoms with van der Waals surface area (Å²) in [6.45, 7) is 7.42. The summed E-state index contributed by atoms with van der Waals surface area (Å²) in [6, 6.07) is 0.539. The second-order valence-electron chi connectivity index (χ2n) is 5.33. The molecule has 3 aliphatic rings. The fourth-order valence-electron chi connectivity index (χ4n) is 2.56. The van der Waals surface area contributed by atoms with Gasteiger partial charge in [0.25, 0.3) is 0 Å². The van der Waals surface area contributed by atoms with Crippen LogP contribution in [0.25, 0.3) is 0 Å². The Labute approximate surface area is 103 Å². The second kappa shape index (κ2) is 5.33. The lowest BCUT2D eigenvalue weighted by molar-refractivity contribution is -0.157. The van der Waals surface area contributed by atoms with Crippen molar-refractivity contribution in [3.63, 3.8) is 0 Å². The molecule has 3 rings (SSSR count). The summed E-state index contributed by atoms with van der Waals surface area (Å²) >= 11 is 0. The zero-order valence-electron chi connectivity index (χ0n) is 11.1. The quantitative estimate of drug-likeness (QED) is 0.619. The lowest BCUT2D eigenvalue weighted by atomic mass is 10.0. The Kier molecular flexibility index (Phi) is 4.01. The molecule has 2 bridgehead atoms. The molecule has 0 saturated carbocycles. The number of fused-ring (bicyclic) bond motifs is 3.